The van der Waals surface area contributed by atoms with Gasteiger partial charge in [-0.25, -0.2) is 4.79 Å². The molecule has 6 heteroatoms. The lowest BCUT2D eigenvalue weighted by atomic mass is 10.2. The van der Waals surface area contributed by atoms with Gasteiger partial charge in [0.25, 0.3) is 0 Å². The molecule has 0 saturated carbocycles. The summed E-state index contributed by atoms with van der Waals surface area (Å²) in [6.45, 7) is 3.37. The zero-order chi connectivity index (χ0) is 18.0. The molecule has 128 valence electrons. The van der Waals surface area contributed by atoms with Gasteiger partial charge in [-0.1, -0.05) is 36.4 Å². The molecule has 2 aromatic carbocycles. The fraction of sp³-hybridized carbons (Fsp3) is 0.211. The van der Waals surface area contributed by atoms with Crippen molar-refractivity contribution >= 4 is 17.8 Å². The Morgan fingerprint density at radius 1 is 0.880 bits per heavy atom. The Bertz CT molecular complexity index is 817. The van der Waals surface area contributed by atoms with Gasteiger partial charge in [0.2, 0.25) is 0 Å². The van der Waals surface area contributed by atoms with E-state index in [1.54, 1.807) is 38.1 Å². The lowest BCUT2D eigenvalue weighted by Crippen LogP contribution is -2.37. The predicted molar refractivity (Wildman–Crippen MR) is 90.9 cm³/mol. The van der Waals surface area contributed by atoms with E-state index < -0.39 is 17.8 Å². The largest absolute Gasteiger partial charge is 0.457 e. The van der Waals surface area contributed by atoms with Crippen LogP contribution in [0.15, 0.2) is 54.6 Å². The molecule has 3 rings (SSSR count). The molecular formula is C19H18N2O4. The average molecular weight is 338 g/mol. The SMILES string of the molecule is CC(C)N1C(=O)C(=O)N(Cc2ccccc2Oc2ccccc2)C1=O. The molecular weight excluding hydrogens is 320 g/mol. The normalized spacial score (nSPS) is 14.6. The first kappa shape index (κ1) is 16.7. The van der Waals surface area contributed by atoms with E-state index in [4.69, 9.17) is 4.74 Å². The van der Waals surface area contributed by atoms with Gasteiger partial charge in [-0.3, -0.25) is 19.4 Å². The van der Waals surface area contributed by atoms with Gasteiger partial charge in [0.15, 0.2) is 0 Å². The number of carbonyl (C=O) groups is 3. The molecule has 0 aliphatic carbocycles. The number of imide groups is 2. The third kappa shape index (κ3) is 3.24. The zero-order valence-corrected chi connectivity index (χ0v) is 14.0. The number of nitrogens with zero attached hydrogens (tertiary/aromatic N) is 2. The summed E-state index contributed by atoms with van der Waals surface area (Å²) in [5, 5.41) is 0. The first-order valence-electron chi connectivity index (χ1n) is 7.99. The van der Waals surface area contributed by atoms with Gasteiger partial charge >= 0.3 is 17.8 Å². The molecule has 2 aromatic rings. The Kier molecular flexibility index (Phi) is 4.52. The number of carbonyl (C=O) groups excluding carboxylic acids is 3. The molecule has 0 bridgehead atoms. The van der Waals surface area contributed by atoms with Crippen LogP contribution in [-0.4, -0.2) is 33.7 Å². The topological polar surface area (TPSA) is 66.9 Å². The van der Waals surface area contributed by atoms with Crippen molar-refractivity contribution in [3.05, 3.63) is 60.2 Å². The maximum atomic E-state index is 12.4. The van der Waals surface area contributed by atoms with E-state index in [2.05, 4.69) is 0 Å². The van der Waals surface area contributed by atoms with E-state index in [9.17, 15) is 14.4 Å². The second-order valence-electron chi connectivity index (χ2n) is 5.97. The average Bonchev–Trinajstić information content (AvgIpc) is 2.81. The minimum Gasteiger partial charge on any atom is -0.457 e. The van der Waals surface area contributed by atoms with Crippen LogP contribution in [0.2, 0.25) is 0 Å². The molecule has 0 N–H and O–H groups in total. The number of para-hydroxylation sites is 2. The van der Waals surface area contributed by atoms with Crippen LogP contribution >= 0.6 is 0 Å². The van der Waals surface area contributed by atoms with Crippen molar-refractivity contribution in [3.63, 3.8) is 0 Å². The number of urea groups is 1. The van der Waals surface area contributed by atoms with Crippen molar-refractivity contribution in [2.24, 2.45) is 0 Å². The van der Waals surface area contributed by atoms with Crippen LogP contribution in [0.1, 0.15) is 19.4 Å². The predicted octanol–water partition coefficient (Wildman–Crippen LogP) is 3.18. The Hall–Kier alpha value is -3.15. The summed E-state index contributed by atoms with van der Waals surface area (Å²) in [5.74, 6) is -0.423. The van der Waals surface area contributed by atoms with Crippen molar-refractivity contribution in [3.8, 4) is 11.5 Å². The lowest BCUT2D eigenvalue weighted by Gasteiger charge is -2.19. The standard InChI is InChI=1S/C19H18N2O4/c1-13(2)21-18(23)17(22)20(19(21)24)12-14-8-6-7-11-16(14)25-15-9-4-3-5-10-15/h3-11,13H,12H2,1-2H3. The molecule has 0 atom stereocenters. The van der Waals surface area contributed by atoms with E-state index in [0.717, 1.165) is 9.80 Å². The Morgan fingerprint density at radius 2 is 1.52 bits per heavy atom. The summed E-state index contributed by atoms with van der Waals surface area (Å²) in [6, 6.07) is 15.4. The van der Waals surface area contributed by atoms with Crippen molar-refractivity contribution < 1.29 is 19.1 Å². The van der Waals surface area contributed by atoms with E-state index in [1.165, 1.54) is 0 Å². The summed E-state index contributed by atoms with van der Waals surface area (Å²) in [4.78, 5) is 38.5. The smallest absolute Gasteiger partial charge is 0.334 e. The number of hydrogen-bond acceptors (Lipinski definition) is 4. The zero-order valence-electron chi connectivity index (χ0n) is 14.0. The van der Waals surface area contributed by atoms with E-state index >= 15 is 0 Å². The molecule has 1 saturated heterocycles. The summed E-state index contributed by atoms with van der Waals surface area (Å²) in [7, 11) is 0. The molecule has 1 heterocycles. The number of amides is 4. The molecule has 0 aromatic heterocycles. The van der Waals surface area contributed by atoms with Crippen LogP contribution in [0.5, 0.6) is 11.5 Å². The van der Waals surface area contributed by atoms with Crippen molar-refractivity contribution in [2.45, 2.75) is 26.4 Å². The molecule has 4 amide bonds. The van der Waals surface area contributed by atoms with Gasteiger partial charge < -0.3 is 4.74 Å². The molecule has 0 unspecified atom stereocenters. The van der Waals surface area contributed by atoms with Crippen LogP contribution in [0.25, 0.3) is 0 Å². The van der Waals surface area contributed by atoms with E-state index in [0.29, 0.717) is 17.1 Å². The third-order valence-electron chi connectivity index (χ3n) is 3.87. The quantitative estimate of drug-likeness (QED) is 0.620. The van der Waals surface area contributed by atoms with Crippen molar-refractivity contribution in [2.75, 3.05) is 0 Å². The fourth-order valence-corrected chi connectivity index (χ4v) is 2.64. The minimum absolute atomic E-state index is 0.0182. The van der Waals surface area contributed by atoms with Crippen molar-refractivity contribution in [1.29, 1.82) is 0 Å². The minimum atomic E-state index is -0.812. The summed E-state index contributed by atoms with van der Waals surface area (Å²) in [5.41, 5.74) is 0.645. The van der Waals surface area contributed by atoms with Crippen LogP contribution in [-0.2, 0) is 16.1 Å². The highest BCUT2D eigenvalue weighted by Gasteiger charge is 2.45. The molecule has 0 radical (unpaired) electrons. The molecule has 0 spiro atoms. The Labute approximate surface area is 145 Å². The lowest BCUT2D eigenvalue weighted by molar-refractivity contribution is -0.144. The van der Waals surface area contributed by atoms with Gasteiger partial charge in [-0.15, -0.1) is 0 Å². The summed E-state index contributed by atoms with van der Waals surface area (Å²) >= 11 is 0. The molecule has 1 fully saturated rings. The number of ether oxygens (including phenoxy) is 1. The molecule has 6 nitrogen and oxygen atoms in total. The summed E-state index contributed by atoms with van der Waals surface area (Å²) < 4.78 is 5.84. The Morgan fingerprint density at radius 3 is 2.16 bits per heavy atom. The van der Waals surface area contributed by atoms with Gasteiger partial charge in [0, 0.05) is 11.6 Å². The third-order valence-corrected chi connectivity index (χ3v) is 3.87. The number of hydrogen-bond donors (Lipinski definition) is 0. The van der Waals surface area contributed by atoms with Gasteiger partial charge in [0.1, 0.15) is 11.5 Å². The Balaban J connectivity index is 1.85. The second-order valence-corrected chi connectivity index (χ2v) is 5.97. The van der Waals surface area contributed by atoms with Gasteiger partial charge in [-0.2, -0.15) is 0 Å². The highest BCUT2D eigenvalue weighted by atomic mass is 16.5. The van der Waals surface area contributed by atoms with Crippen LogP contribution in [0.4, 0.5) is 4.79 Å². The number of rotatable bonds is 5. The summed E-state index contributed by atoms with van der Waals surface area (Å²) in [6.07, 6.45) is 0. The maximum Gasteiger partial charge on any atom is 0.334 e. The van der Waals surface area contributed by atoms with Crippen LogP contribution in [0, 0.1) is 0 Å². The van der Waals surface area contributed by atoms with Gasteiger partial charge in [0.05, 0.1) is 6.54 Å². The van der Waals surface area contributed by atoms with Crippen LogP contribution in [0.3, 0.4) is 0 Å². The highest BCUT2D eigenvalue weighted by Crippen LogP contribution is 2.27. The molecule has 1 aliphatic rings. The first-order chi connectivity index (χ1) is 12.0. The number of benzene rings is 2. The van der Waals surface area contributed by atoms with Crippen LogP contribution < -0.4 is 4.74 Å². The van der Waals surface area contributed by atoms with E-state index in [1.807, 2.05) is 30.3 Å². The second kappa shape index (κ2) is 6.76. The van der Waals surface area contributed by atoms with E-state index in [-0.39, 0.29) is 12.6 Å². The molecule has 25 heavy (non-hydrogen) atoms. The maximum absolute atomic E-state index is 12.4. The fourth-order valence-electron chi connectivity index (χ4n) is 2.64. The monoisotopic (exact) mass is 338 g/mol. The molecule has 1 aliphatic heterocycles. The highest BCUT2D eigenvalue weighted by molar-refractivity contribution is 6.44. The van der Waals surface area contributed by atoms with Gasteiger partial charge in [-0.05, 0) is 32.0 Å². The van der Waals surface area contributed by atoms with Crippen molar-refractivity contribution in [1.82, 2.24) is 9.80 Å². The first-order valence-corrected chi connectivity index (χ1v) is 7.99.